The summed E-state index contributed by atoms with van der Waals surface area (Å²) < 4.78 is 13.5. The second-order valence-electron chi connectivity index (χ2n) is 5.61. The molecule has 2 aromatic rings. The Morgan fingerprint density at radius 2 is 2.22 bits per heavy atom. The molecule has 0 radical (unpaired) electrons. The summed E-state index contributed by atoms with van der Waals surface area (Å²) >= 11 is 1.52. The third kappa shape index (κ3) is 2.81. The largest absolute Gasteiger partial charge is 0.457 e. The standard InChI is InChI=1S/C15H20N4O3S/c1-5-10-8(2)12(21-9(3)20)15(22-10)19-7-18-11-13(19)16-6-17-14(11)23-4/h6-8,10,12,15H,5H2,1-4H3/t8-,10+,12?,15+/m0/s1. The zero-order valence-corrected chi connectivity index (χ0v) is 14.4. The molecule has 23 heavy (non-hydrogen) atoms. The number of carbonyl (C=O) groups is 1. The molecule has 1 fully saturated rings. The highest BCUT2D eigenvalue weighted by Gasteiger charge is 2.44. The second kappa shape index (κ2) is 6.45. The average Bonchev–Trinajstić information content (AvgIpc) is 3.09. The molecule has 3 rings (SSSR count). The molecule has 0 bridgehead atoms. The molecule has 2 aromatic heterocycles. The molecule has 3 heterocycles. The summed E-state index contributed by atoms with van der Waals surface area (Å²) in [4.78, 5) is 24.5. The van der Waals surface area contributed by atoms with E-state index in [2.05, 4.69) is 21.9 Å². The molecule has 1 unspecified atom stereocenters. The van der Waals surface area contributed by atoms with Crippen molar-refractivity contribution in [2.24, 2.45) is 5.92 Å². The van der Waals surface area contributed by atoms with Crippen LogP contribution in [0.3, 0.4) is 0 Å². The van der Waals surface area contributed by atoms with Gasteiger partial charge in [-0.2, -0.15) is 0 Å². The number of hydrogen-bond donors (Lipinski definition) is 0. The Balaban J connectivity index is 2.03. The summed E-state index contributed by atoms with van der Waals surface area (Å²) in [6, 6.07) is 0. The van der Waals surface area contributed by atoms with Crippen LogP contribution < -0.4 is 0 Å². The Kier molecular flexibility index (Phi) is 4.54. The molecule has 1 aliphatic rings. The first-order valence-corrected chi connectivity index (χ1v) is 8.83. The monoisotopic (exact) mass is 336 g/mol. The van der Waals surface area contributed by atoms with Crippen molar-refractivity contribution in [3.05, 3.63) is 12.7 Å². The van der Waals surface area contributed by atoms with Gasteiger partial charge >= 0.3 is 5.97 Å². The first-order chi connectivity index (χ1) is 11.1. The topological polar surface area (TPSA) is 79.1 Å². The molecule has 4 atom stereocenters. The average molecular weight is 336 g/mol. The van der Waals surface area contributed by atoms with Crippen molar-refractivity contribution in [3.63, 3.8) is 0 Å². The van der Waals surface area contributed by atoms with Gasteiger partial charge in [0.1, 0.15) is 16.9 Å². The number of rotatable bonds is 4. The van der Waals surface area contributed by atoms with Crippen molar-refractivity contribution < 1.29 is 14.3 Å². The highest BCUT2D eigenvalue weighted by molar-refractivity contribution is 7.98. The molecule has 0 aliphatic carbocycles. The van der Waals surface area contributed by atoms with Crippen LogP contribution in [0.4, 0.5) is 0 Å². The fraction of sp³-hybridized carbons (Fsp3) is 0.600. The molecule has 0 spiro atoms. The van der Waals surface area contributed by atoms with Crippen LogP contribution in [0.5, 0.6) is 0 Å². The van der Waals surface area contributed by atoms with Gasteiger partial charge in [-0.25, -0.2) is 15.0 Å². The number of carbonyl (C=O) groups excluding carboxylic acids is 1. The number of imidazole rings is 1. The lowest BCUT2D eigenvalue weighted by molar-refractivity contribution is -0.153. The van der Waals surface area contributed by atoms with Crippen LogP contribution in [0.2, 0.25) is 0 Å². The molecule has 0 aromatic carbocycles. The fourth-order valence-corrected chi connectivity index (χ4v) is 3.56. The van der Waals surface area contributed by atoms with Gasteiger partial charge < -0.3 is 9.47 Å². The first kappa shape index (κ1) is 16.2. The van der Waals surface area contributed by atoms with Crippen molar-refractivity contribution in [1.82, 2.24) is 19.5 Å². The Morgan fingerprint density at radius 1 is 1.43 bits per heavy atom. The summed E-state index contributed by atoms with van der Waals surface area (Å²) in [6.07, 6.45) is 5.25. The van der Waals surface area contributed by atoms with Gasteiger partial charge in [0.15, 0.2) is 18.0 Å². The molecule has 1 aliphatic heterocycles. The quantitative estimate of drug-likeness (QED) is 0.482. The van der Waals surface area contributed by atoms with Gasteiger partial charge in [0, 0.05) is 12.8 Å². The molecular weight excluding hydrogens is 316 g/mol. The Morgan fingerprint density at radius 3 is 2.87 bits per heavy atom. The summed E-state index contributed by atoms with van der Waals surface area (Å²) in [5, 5.41) is 0.816. The second-order valence-corrected chi connectivity index (χ2v) is 6.41. The number of ether oxygens (including phenoxy) is 2. The maximum Gasteiger partial charge on any atom is 0.303 e. The van der Waals surface area contributed by atoms with Gasteiger partial charge in [-0.1, -0.05) is 13.8 Å². The molecule has 8 heteroatoms. The Labute approximate surface area is 138 Å². The number of aromatic nitrogens is 4. The molecule has 124 valence electrons. The number of esters is 1. The lowest BCUT2D eigenvalue weighted by Gasteiger charge is -2.21. The molecule has 0 amide bonds. The van der Waals surface area contributed by atoms with E-state index >= 15 is 0 Å². The van der Waals surface area contributed by atoms with Crippen molar-refractivity contribution in [1.29, 1.82) is 0 Å². The molecular formula is C15H20N4O3S. The number of hydrogen-bond acceptors (Lipinski definition) is 7. The number of fused-ring (bicyclic) bond motifs is 1. The smallest absolute Gasteiger partial charge is 0.303 e. The van der Waals surface area contributed by atoms with Gasteiger partial charge in [-0.05, 0) is 12.7 Å². The van der Waals surface area contributed by atoms with Crippen LogP contribution in [0, 0.1) is 5.92 Å². The minimum atomic E-state index is -0.423. The molecule has 0 N–H and O–H groups in total. The number of thioether (sulfide) groups is 1. The number of nitrogens with zero attached hydrogens (tertiary/aromatic N) is 4. The lowest BCUT2D eigenvalue weighted by Crippen LogP contribution is -2.29. The van der Waals surface area contributed by atoms with Crippen LogP contribution in [-0.4, -0.2) is 44.0 Å². The minimum absolute atomic E-state index is 0.0312. The third-order valence-electron chi connectivity index (χ3n) is 4.20. The summed E-state index contributed by atoms with van der Waals surface area (Å²) in [5.74, 6) is -0.204. The fourth-order valence-electron chi connectivity index (χ4n) is 3.07. The minimum Gasteiger partial charge on any atom is -0.457 e. The maximum absolute atomic E-state index is 11.5. The summed E-state index contributed by atoms with van der Waals surface area (Å²) in [7, 11) is 0. The van der Waals surface area contributed by atoms with Crippen LogP contribution in [0.1, 0.15) is 33.4 Å². The summed E-state index contributed by atoms with van der Waals surface area (Å²) in [5.41, 5.74) is 1.42. The summed E-state index contributed by atoms with van der Waals surface area (Å²) in [6.45, 7) is 5.53. The first-order valence-electron chi connectivity index (χ1n) is 7.61. The van der Waals surface area contributed by atoms with E-state index in [0.717, 1.165) is 17.0 Å². The van der Waals surface area contributed by atoms with Crippen molar-refractivity contribution >= 4 is 28.9 Å². The predicted molar refractivity (Wildman–Crippen MR) is 86.0 cm³/mol. The van der Waals surface area contributed by atoms with Gasteiger partial charge in [0.05, 0.1) is 12.4 Å². The third-order valence-corrected chi connectivity index (χ3v) is 4.88. The van der Waals surface area contributed by atoms with E-state index in [9.17, 15) is 4.79 Å². The maximum atomic E-state index is 11.5. The van der Waals surface area contributed by atoms with Crippen LogP contribution in [0.25, 0.3) is 11.2 Å². The molecule has 7 nitrogen and oxygen atoms in total. The van der Waals surface area contributed by atoms with E-state index in [1.807, 2.05) is 17.7 Å². The Bertz CT molecular complexity index is 720. The predicted octanol–water partition coefficient (Wildman–Crippen LogP) is 2.42. The van der Waals surface area contributed by atoms with Gasteiger partial charge in [-0.15, -0.1) is 11.8 Å². The van der Waals surface area contributed by atoms with Gasteiger partial charge in [0.2, 0.25) is 0 Å². The highest BCUT2D eigenvalue weighted by atomic mass is 32.2. The van der Waals surface area contributed by atoms with Crippen molar-refractivity contribution in [2.45, 2.75) is 50.7 Å². The van der Waals surface area contributed by atoms with E-state index < -0.39 is 6.23 Å². The van der Waals surface area contributed by atoms with Crippen LogP contribution in [0.15, 0.2) is 17.7 Å². The van der Waals surface area contributed by atoms with E-state index in [1.165, 1.54) is 25.0 Å². The molecule has 1 saturated heterocycles. The zero-order chi connectivity index (χ0) is 16.6. The van der Waals surface area contributed by atoms with E-state index in [1.54, 1.807) is 6.33 Å². The normalized spacial score (nSPS) is 27.5. The van der Waals surface area contributed by atoms with Crippen molar-refractivity contribution in [2.75, 3.05) is 6.26 Å². The van der Waals surface area contributed by atoms with E-state index in [-0.39, 0.29) is 24.1 Å². The van der Waals surface area contributed by atoms with Gasteiger partial charge in [-0.3, -0.25) is 9.36 Å². The van der Waals surface area contributed by atoms with Gasteiger partial charge in [0.25, 0.3) is 0 Å². The SMILES string of the molecule is CC[C@H]1O[C@@H](n2cnc3c(SC)ncnc32)C(OC(C)=O)[C@H]1C. The van der Waals surface area contributed by atoms with E-state index in [4.69, 9.17) is 9.47 Å². The Hall–Kier alpha value is -1.67. The van der Waals surface area contributed by atoms with E-state index in [0.29, 0.717) is 5.65 Å². The highest BCUT2D eigenvalue weighted by Crippen LogP contribution is 2.39. The van der Waals surface area contributed by atoms with Crippen LogP contribution in [-0.2, 0) is 14.3 Å². The zero-order valence-electron chi connectivity index (χ0n) is 13.6. The van der Waals surface area contributed by atoms with Crippen LogP contribution >= 0.6 is 11.8 Å². The lowest BCUT2D eigenvalue weighted by atomic mass is 9.98. The van der Waals surface area contributed by atoms with Crippen molar-refractivity contribution in [3.8, 4) is 0 Å². The molecule has 0 saturated carbocycles.